The Morgan fingerprint density at radius 1 is 0.944 bits per heavy atom. The first-order valence-electron chi connectivity index (χ1n) is 11.8. The van der Waals surface area contributed by atoms with E-state index in [1.807, 2.05) is 70.2 Å². The van der Waals surface area contributed by atoms with Crippen molar-refractivity contribution in [3.8, 4) is 11.1 Å². The highest BCUT2D eigenvalue weighted by Gasteiger charge is 2.25. The lowest BCUT2D eigenvalue weighted by Crippen LogP contribution is -2.34. The summed E-state index contributed by atoms with van der Waals surface area (Å²) in [4.78, 5) is 31.2. The average molecular weight is 501 g/mol. The molecule has 0 saturated carbocycles. The molecule has 184 valence electrons. The van der Waals surface area contributed by atoms with Crippen LogP contribution in [0, 0.1) is 12.3 Å². The van der Waals surface area contributed by atoms with Crippen LogP contribution in [0.2, 0.25) is 5.02 Å². The minimum absolute atomic E-state index is 0.0424. The van der Waals surface area contributed by atoms with E-state index < -0.39 is 5.97 Å². The van der Waals surface area contributed by atoms with Crippen molar-refractivity contribution < 1.29 is 14.7 Å². The number of amides is 1. The fraction of sp³-hybridized carbons (Fsp3) is 0.233. The number of aromatic nitrogens is 1. The third kappa shape index (κ3) is 5.74. The van der Waals surface area contributed by atoms with Crippen molar-refractivity contribution in [1.29, 1.82) is 0 Å². The zero-order valence-corrected chi connectivity index (χ0v) is 21.6. The van der Waals surface area contributed by atoms with Crippen LogP contribution < -0.4 is 4.90 Å². The fourth-order valence-corrected chi connectivity index (χ4v) is 4.28. The number of anilines is 1. The first-order valence-corrected chi connectivity index (χ1v) is 12.2. The van der Waals surface area contributed by atoms with E-state index in [2.05, 4.69) is 4.98 Å². The number of benzene rings is 3. The van der Waals surface area contributed by atoms with Crippen LogP contribution in [0.25, 0.3) is 21.9 Å². The molecular formula is C30H29ClN2O3. The number of pyridine rings is 1. The van der Waals surface area contributed by atoms with E-state index in [0.717, 1.165) is 38.0 Å². The van der Waals surface area contributed by atoms with E-state index in [1.165, 1.54) is 0 Å². The van der Waals surface area contributed by atoms with Crippen molar-refractivity contribution in [2.75, 3.05) is 4.90 Å². The standard InChI is InChI=1S/C30H29ClN2O3/c1-19-5-8-22(16-26(19)31)21-9-6-20(7-10-21)18-33(27(34)17-30(2,3)4)28-25-12-11-24(29(35)36)15-23(25)13-14-32-28/h5-16H,17-18H2,1-4H3,(H,35,36). The van der Waals surface area contributed by atoms with Gasteiger partial charge in [-0.15, -0.1) is 0 Å². The van der Waals surface area contributed by atoms with Gasteiger partial charge < -0.3 is 5.11 Å². The van der Waals surface area contributed by atoms with Crippen LogP contribution >= 0.6 is 11.6 Å². The number of carboxylic acids is 1. The zero-order valence-electron chi connectivity index (χ0n) is 20.9. The topological polar surface area (TPSA) is 70.5 Å². The number of aromatic carboxylic acids is 1. The van der Waals surface area contributed by atoms with E-state index in [4.69, 9.17) is 11.6 Å². The molecule has 4 aromatic rings. The van der Waals surface area contributed by atoms with E-state index in [0.29, 0.717) is 18.8 Å². The fourth-order valence-electron chi connectivity index (χ4n) is 4.10. The van der Waals surface area contributed by atoms with E-state index in [9.17, 15) is 14.7 Å². The molecular weight excluding hydrogens is 472 g/mol. The lowest BCUT2D eigenvalue weighted by Gasteiger charge is -2.27. The lowest BCUT2D eigenvalue weighted by molar-refractivity contribution is -0.120. The Morgan fingerprint density at radius 2 is 1.64 bits per heavy atom. The summed E-state index contributed by atoms with van der Waals surface area (Å²) in [5.41, 5.74) is 4.05. The van der Waals surface area contributed by atoms with Crippen LogP contribution in [0.3, 0.4) is 0 Å². The second kappa shape index (κ2) is 10.1. The molecule has 36 heavy (non-hydrogen) atoms. The summed E-state index contributed by atoms with van der Waals surface area (Å²) in [5, 5.41) is 11.6. The number of halogens is 1. The molecule has 0 fully saturated rings. The minimum atomic E-state index is -0.995. The highest BCUT2D eigenvalue weighted by Crippen LogP contribution is 2.31. The van der Waals surface area contributed by atoms with Gasteiger partial charge in [0.2, 0.25) is 5.91 Å². The van der Waals surface area contributed by atoms with Crippen molar-refractivity contribution in [3.05, 3.63) is 94.6 Å². The summed E-state index contributed by atoms with van der Waals surface area (Å²) >= 11 is 6.31. The van der Waals surface area contributed by atoms with Gasteiger partial charge in [0, 0.05) is 23.0 Å². The van der Waals surface area contributed by atoms with Gasteiger partial charge in [-0.05, 0) is 70.3 Å². The first-order chi connectivity index (χ1) is 17.0. The lowest BCUT2D eigenvalue weighted by atomic mass is 9.91. The van der Waals surface area contributed by atoms with E-state index in [-0.39, 0.29) is 16.9 Å². The molecule has 0 unspecified atom stereocenters. The Hall–Kier alpha value is -3.70. The molecule has 0 saturated heterocycles. The number of rotatable bonds is 6. The molecule has 0 atom stereocenters. The maximum atomic E-state index is 13.5. The molecule has 0 aliphatic heterocycles. The third-order valence-electron chi connectivity index (χ3n) is 6.03. The molecule has 4 rings (SSSR count). The Labute approximate surface area is 216 Å². The summed E-state index contributed by atoms with van der Waals surface area (Å²) in [6.45, 7) is 8.40. The molecule has 1 amide bonds. The molecule has 1 heterocycles. The molecule has 6 heteroatoms. The summed E-state index contributed by atoms with van der Waals surface area (Å²) in [6.07, 6.45) is 1.96. The molecule has 3 aromatic carbocycles. The largest absolute Gasteiger partial charge is 0.478 e. The van der Waals surface area contributed by atoms with E-state index in [1.54, 1.807) is 35.4 Å². The number of hydrogen-bond acceptors (Lipinski definition) is 3. The average Bonchev–Trinajstić information content (AvgIpc) is 2.83. The Balaban J connectivity index is 1.71. The number of nitrogens with zero attached hydrogens (tertiary/aromatic N) is 2. The predicted molar refractivity (Wildman–Crippen MR) is 146 cm³/mol. The van der Waals surface area contributed by atoms with Crippen LogP contribution in [0.4, 0.5) is 5.82 Å². The maximum Gasteiger partial charge on any atom is 0.335 e. The Bertz CT molecular complexity index is 1440. The zero-order chi connectivity index (χ0) is 26.0. The van der Waals surface area contributed by atoms with Crippen LogP contribution in [-0.4, -0.2) is 22.0 Å². The van der Waals surface area contributed by atoms with Gasteiger partial charge in [-0.2, -0.15) is 0 Å². The van der Waals surface area contributed by atoms with Crippen molar-refractivity contribution in [3.63, 3.8) is 0 Å². The highest BCUT2D eigenvalue weighted by atomic mass is 35.5. The molecule has 0 spiro atoms. The molecule has 1 N–H and O–H groups in total. The van der Waals surface area contributed by atoms with Crippen LogP contribution in [0.15, 0.2) is 72.9 Å². The second-order valence-corrected chi connectivity index (χ2v) is 10.7. The van der Waals surface area contributed by atoms with E-state index >= 15 is 0 Å². The van der Waals surface area contributed by atoms with Gasteiger partial charge in [0.25, 0.3) is 0 Å². The summed E-state index contributed by atoms with van der Waals surface area (Å²) in [7, 11) is 0. The number of carbonyl (C=O) groups is 2. The summed E-state index contributed by atoms with van der Waals surface area (Å²) < 4.78 is 0. The Kier molecular flexibility index (Phi) is 7.14. The monoisotopic (exact) mass is 500 g/mol. The summed E-state index contributed by atoms with van der Waals surface area (Å²) in [6, 6.07) is 20.7. The molecule has 5 nitrogen and oxygen atoms in total. The quantitative estimate of drug-likeness (QED) is 0.297. The number of hydrogen-bond donors (Lipinski definition) is 1. The van der Waals surface area contributed by atoms with Crippen molar-refractivity contribution in [2.24, 2.45) is 5.41 Å². The Morgan fingerprint density at radius 3 is 2.28 bits per heavy atom. The van der Waals surface area contributed by atoms with Crippen LogP contribution in [0.1, 0.15) is 48.7 Å². The van der Waals surface area contributed by atoms with Crippen LogP contribution in [-0.2, 0) is 11.3 Å². The van der Waals surface area contributed by atoms with Gasteiger partial charge in [0.05, 0.1) is 12.1 Å². The SMILES string of the molecule is Cc1ccc(-c2ccc(CN(C(=O)CC(C)(C)C)c3nccc4cc(C(=O)O)ccc34)cc2)cc1Cl. The minimum Gasteiger partial charge on any atom is -0.478 e. The molecule has 0 aliphatic rings. The molecule has 0 aliphatic carbocycles. The smallest absolute Gasteiger partial charge is 0.335 e. The third-order valence-corrected chi connectivity index (χ3v) is 6.44. The van der Waals surface area contributed by atoms with Crippen molar-refractivity contribution in [1.82, 2.24) is 4.98 Å². The maximum absolute atomic E-state index is 13.5. The van der Waals surface area contributed by atoms with Crippen molar-refractivity contribution >= 4 is 40.1 Å². The predicted octanol–water partition coefficient (Wildman–Crippen LogP) is 7.53. The number of carbonyl (C=O) groups excluding carboxylic acids is 1. The highest BCUT2D eigenvalue weighted by molar-refractivity contribution is 6.31. The van der Waals surface area contributed by atoms with Crippen molar-refractivity contribution in [2.45, 2.75) is 40.7 Å². The van der Waals surface area contributed by atoms with Gasteiger partial charge in [0.15, 0.2) is 0 Å². The molecule has 0 bridgehead atoms. The number of carboxylic acid groups (broad SMARTS) is 1. The van der Waals surface area contributed by atoms with Gasteiger partial charge in [0.1, 0.15) is 5.82 Å². The summed E-state index contributed by atoms with van der Waals surface area (Å²) in [5.74, 6) is -0.516. The van der Waals surface area contributed by atoms with Crippen LogP contribution in [0.5, 0.6) is 0 Å². The normalized spacial score (nSPS) is 11.5. The molecule has 1 aromatic heterocycles. The first kappa shape index (κ1) is 25.4. The number of fused-ring (bicyclic) bond motifs is 1. The van der Waals surface area contributed by atoms with Gasteiger partial charge in [-0.25, -0.2) is 9.78 Å². The number of aryl methyl sites for hydroxylation is 1. The second-order valence-electron chi connectivity index (χ2n) is 10.3. The van der Waals surface area contributed by atoms with Gasteiger partial charge in [-0.1, -0.05) is 68.8 Å². The van der Waals surface area contributed by atoms with Gasteiger partial charge in [-0.3, -0.25) is 9.69 Å². The molecule has 0 radical (unpaired) electrons. The van der Waals surface area contributed by atoms with Gasteiger partial charge >= 0.3 is 5.97 Å².